The zero-order valence-corrected chi connectivity index (χ0v) is 23.6. The highest BCUT2D eigenvalue weighted by Crippen LogP contribution is 2.37. The van der Waals surface area contributed by atoms with Gasteiger partial charge in [0.2, 0.25) is 0 Å². The highest BCUT2D eigenvalue weighted by molar-refractivity contribution is 6.04. The van der Waals surface area contributed by atoms with Crippen LogP contribution in [0.15, 0.2) is 79.0 Å². The number of aromatic nitrogens is 1. The van der Waals surface area contributed by atoms with Crippen LogP contribution in [0.3, 0.4) is 0 Å². The molecule has 0 bridgehead atoms. The number of benzene rings is 3. The fourth-order valence-corrected chi connectivity index (χ4v) is 4.86. The number of hydrogen-bond acceptors (Lipinski definition) is 8. The van der Waals surface area contributed by atoms with Crippen molar-refractivity contribution < 1.29 is 28.5 Å². The van der Waals surface area contributed by atoms with Crippen molar-refractivity contribution >= 4 is 28.5 Å². The molecular weight excluding hydrogens is 534 g/mol. The van der Waals surface area contributed by atoms with Gasteiger partial charge in [0, 0.05) is 35.3 Å². The second-order valence-corrected chi connectivity index (χ2v) is 10.2. The fourth-order valence-electron chi connectivity index (χ4n) is 4.86. The monoisotopic (exact) mass is 569 g/mol. The van der Waals surface area contributed by atoms with Crippen molar-refractivity contribution in [3.8, 4) is 23.0 Å². The molecule has 9 heteroatoms. The number of pyridine rings is 1. The van der Waals surface area contributed by atoms with Gasteiger partial charge in [0.25, 0.3) is 5.91 Å². The SMILES string of the molecule is COc1cc2c(Oc3ccc(NC(=O)c4ccccc4)cc3)ccnc2cc1OCC[C@H](N)C(=O)OC1CCCCC1. The van der Waals surface area contributed by atoms with Gasteiger partial charge in [-0.25, -0.2) is 0 Å². The molecule has 0 aliphatic heterocycles. The number of nitrogens with zero attached hydrogens (tertiary/aromatic N) is 1. The van der Waals surface area contributed by atoms with Crippen LogP contribution in [0.4, 0.5) is 5.69 Å². The highest BCUT2D eigenvalue weighted by atomic mass is 16.5. The number of carbonyl (C=O) groups excluding carboxylic acids is 2. The van der Waals surface area contributed by atoms with Gasteiger partial charge in [-0.2, -0.15) is 0 Å². The molecule has 3 aromatic carbocycles. The lowest BCUT2D eigenvalue weighted by Gasteiger charge is -2.23. The predicted molar refractivity (Wildman–Crippen MR) is 160 cm³/mol. The van der Waals surface area contributed by atoms with Crippen LogP contribution < -0.4 is 25.3 Å². The first-order valence-electron chi connectivity index (χ1n) is 14.2. The van der Waals surface area contributed by atoms with Crippen molar-refractivity contribution in [2.75, 3.05) is 19.0 Å². The van der Waals surface area contributed by atoms with E-state index in [1.807, 2.05) is 18.2 Å². The van der Waals surface area contributed by atoms with Crippen molar-refractivity contribution in [1.29, 1.82) is 0 Å². The smallest absolute Gasteiger partial charge is 0.323 e. The Labute approximate surface area is 244 Å². The van der Waals surface area contributed by atoms with Crippen LogP contribution in [0.1, 0.15) is 48.9 Å². The van der Waals surface area contributed by atoms with Crippen LogP contribution in [0.2, 0.25) is 0 Å². The molecule has 9 nitrogen and oxygen atoms in total. The number of ether oxygens (including phenoxy) is 4. The molecular formula is C33H35N3O6. The number of methoxy groups -OCH3 is 1. The molecule has 218 valence electrons. The molecule has 1 fully saturated rings. The van der Waals surface area contributed by atoms with E-state index in [1.54, 1.807) is 67.9 Å². The van der Waals surface area contributed by atoms with E-state index in [0.717, 1.165) is 31.1 Å². The summed E-state index contributed by atoms with van der Waals surface area (Å²) in [4.78, 5) is 29.3. The molecule has 1 atom stereocenters. The lowest BCUT2D eigenvalue weighted by atomic mass is 9.98. The predicted octanol–water partition coefficient (Wildman–Crippen LogP) is 6.26. The number of esters is 1. The van der Waals surface area contributed by atoms with E-state index in [9.17, 15) is 9.59 Å². The first-order chi connectivity index (χ1) is 20.5. The van der Waals surface area contributed by atoms with E-state index in [1.165, 1.54) is 6.42 Å². The van der Waals surface area contributed by atoms with E-state index >= 15 is 0 Å². The molecule has 4 aromatic rings. The summed E-state index contributed by atoms with van der Waals surface area (Å²) in [5.74, 6) is 1.59. The van der Waals surface area contributed by atoms with E-state index in [2.05, 4.69) is 10.3 Å². The van der Waals surface area contributed by atoms with Gasteiger partial charge in [-0.1, -0.05) is 24.6 Å². The largest absolute Gasteiger partial charge is 0.493 e. The van der Waals surface area contributed by atoms with Crippen LogP contribution in [0, 0.1) is 0 Å². The number of amides is 1. The van der Waals surface area contributed by atoms with Gasteiger partial charge in [-0.15, -0.1) is 0 Å². The summed E-state index contributed by atoms with van der Waals surface area (Å²) >= 11 is 0. The Morgan fingerprint density at radius 1 is 0.952 bits per heavy atom. The molecule has 1 saturated carbocycles. The minimum atomic E-state index is -0.755. The fraction of sp³-hybridized carbons (Fsp3) is 0.303. The number of nitrogens with one attached hydrogen (secondary N) is 1. The molecule has 3 N–H and O–H groups in total. The molecule has 1 heterocycles. The van der Waals surface area contributed by atoms with Crippen molar-refractivity contribution in [1.82, 2.24) is 4.98 Å². The normalized spacial score (nSPS) is 14.1. The maximum absolute atomic E-state index is 12.4. The summed E-state index contributed by atoms with van der Waals surface area (Å²) in [5, 5.41) is 3.61. The number of carbonyl (C=O) groups is 2. The van der Waals surface area contributed by atoms with Gasteiger partial charge in [-0.05, 0) is 74.2 Å². The van der Waals surface area contributed by atoms with Crippen molar-refractivity contribution in [2.24, 2.45) is 5.73 Å². The molecule has 1 aliphatic carbocycles. The highest BCUT2D eigenvalue weighted by Gasteiger charge is 2.22. The average molecular weight is 570 g/mol. The maximum atomic E-state index is 12.4. The van der Waals surface area contributed by atoms with Crippen molar-refractivity contribution in [3.63, 3.8) is 0 Å². The van der Waals surface area contributed by atoms with Crippen LogP contribution in [0.5, 0.6) is 23.0 Å². The molecule has 1 aliphatic rings. The maximum Gasteiger partial charge on any atom is 0.323 e. The summed E-state index contributed by atoms with van der Waals surface area (Å²) in [6.45, 7) is 0.214. The van der Waals surface area contributed by atoms with Crippen molar-refractivity contribution in [2.45, 2.75) is 50.7 Å². The van der Waals surface area contributed by atoms with Gasteiger partial charge in [-0.3, -0.25) is 14.6 Å². The quantitative estimate of drug-likeness (QED) is 0.203. The lowest BCUT2D eigenvalue weighted by molar-refractivity contribution is -0.152. The van der Waals surface area contributed by atoms with Crippen LogP contribution in [-0.4, -0.2) is 42.7 Å². The Balaban J connectivity index is 1.21. The minimum Gasteiger partial charge on any atom is -0.493 e. The van der Waals surface area contributed by atoms with Crippen LogP contribution >= 0.6 is 0 Å². The van der Waals surface area contributed by atoms with E-state index in [0.29, 0.717) is 46.2 Å². The number of rotatable bonds is 11. The Hall–Kier alpha value is -4.63. The lowest BCUT2D eigenvalue weighted by Crippen LogP contribution is -2.36. The second kappa shape index (κ2) is 13.8. The standard InChI is InChI=1S/C33H35N3O6/c1-39-30-20-26-28(21-31(30)40-19-17-27(34)33(38)42-24-10-6-3-7-11-24)35-18-16-29(26)41-25-14-12-23(13-15-25)36-32(37)22-8-4-2-5-9-22/h2,4-5,8-9,12-16,18,20-21,24,27H,3,6-7,10-11,17,19,34H2,1H3,(H,36,37)/t27-/m0/s1. The van der Waals surface area contributed by atoms with Gasteiger partial charge in [0.05, 0.1) is 19.2 Å². The third-order valence-electron chi connectivity index (χ3n) is 7.19. The Bertz CT molecular complexity index is 1500. The Morgan fingerprint density at radius 2 is 1.71 bits per heavy atom. The molecule has 0 spiro atoms. The van der Waals surface area contributed by atoms with Crippen LogP contribution in [-0.2, 0) is 9.53 Å². The van der Waals surface area contributed by atoms with Gasteiger partial charge >= 0.3 is 5.97 Å². The zero-order valence-electron chi connectivity index (χ0n) is 23.6. The average Bonchev–Trinajstić information content (AvgIpc) is 3.02. The summed E-state index contributed by atoms with van der Waals surface area (Å²) < 4.78 is 23.3. The molecule has 1 amide bonds. The zero-order chi connectivity index (χ0) is 29.3. The Morgan fingerprint density at radius 3 is 2.45 bits per heavy atom. The molecule has 42 heavy (non-hydrogen) atoms. The van der Waals surface area contributed by atoms with Crippen LogP contribution in [0.25, 0.3) is 10.9 Å². The Kier molecular flexibility index (Phi) is 9.51. The summed E-state index contributed by atoms with van der Waals surface area (Å²) in [5.41, 5.74) is 7.96. The summed E-state index contributed by atoms with van der Waals surface area (Å²) in [6, 6.07) is 20.7. The molecule has 0 saturated heterocycles. The molecule has 5 rings (SSSR count). The number of anilines is 1. The molecule has 0 unspecified atom stereocenters. The summed E-state index contributed by atoms with van der Waals surface area (Å²) in [7, 11) is 1.56. The first-order valence-corrected chi connectivity index (χ1v) is 14.2. The summed E-state index contributed by atoms with van der Waals surface area (Å²) in [6.07, 6.45) is 7.10. The van der Waals surface area contributed by atoms with E-state index in [-0.39, 0.29) is 24.6 Å². The van der Waals surface area contributed by atoms with Gasteiger partial charge in [0.1, 0.15) is 23.6 Å². The topological polar surface area (TPSA) is 122 Å². The number of nitrogens with two attached hydrogens (primary N) is 1. The molecule has 1 aromatic heterocycles. The van der Waals surface area contributed by atoms with Gasteiger partial charge < -0.3 is 30.0 Å². The van der Waals surface area contributed by atoms with Gasteiger partial charge in [0.15, 0.2) is 11.5 Å². The second-order valence-electron chi connectivity index (χ2n) is 10.2. The third kappa shape index (κ3) is 7.36. The van der Waals surface area contributed by atoms with Crippen molar-refractivity contribution in [3.05, 3.63) is 84.6 Å². The molecule has 0 radical (unpaired) electrons. The number of fused-ring (bicyclic) bond motifs is 1. The van der Waals surface area contributed by atoms with E-state index in [4.69, 9.17) is 24.7 Å². The first kappa shape index (κ1) is 28.9. The van der Waals surface area contributed by atoms with E-state index < -0.39 is 6.04 Å². The minimum absolute atomic E-state index is 0.0280. The third-order valence-corrected chi connectivity index (χ3v) is 7.19. The number of hydrogen-bond donors (Lipinski definition) is 2.